The van der Waals surface area contributed by atoms with Gasteiger partial charge in [0.25, 0.3) is 41.4 Å². The Kier molecular flexibility index (Phi) is 20.6. The molecule has 15 amide bonds. The van der Waals surface area contributed by atoms with E-state index in [1.807, 2.05) is 72.8 Å². The summed E-state index contributed by atoms with van der Waals surface area (Å²) in [4.78, 5) is 177. The number of fused-ring (bicyclic) bond motifs is 4. The highest BCUT2D eigenvalue weighted by Gasteiger charge is 2.56. The van der Waals surface area contributed by atoms with Crippen molar-refractivity contribution in [2.24, 2.45) is 5.73 Å². The lowest BCUT2D eigenvalue weighted by Crippen LogP contribution is -2.53. The van der Waals surface area contributed by atoms with Crippen molar-refractivity contribution in [3.8, 4) is 34.1 Å². The second kappa shape index (κ2) is 30.8. The molecular weight excluding hydrogens is 1480 g/mol. The molecule has 576 valence electrons. The second-order valence-corrected chi connectivity index (χ2v) is 28.2. The molecule has 0 radical (unpaired) electrons. The molecule has 0 saturated carbocycles. The largest absolute Gasteiger partial charge is 0.497 e. The first-order chi connectivity index (χ1) is 54.4. The van der Waals surface area contributed by atoms with Crippen LogP contribution >= 0.6 is 11.3 Å². The van der Waals surface area contributed by atoms with Crippen molar-refractivity contribution in [3.05, 3.63) is 237 Å². The summed E-state index contributed by atoms with van der Waals surface area (Å²) in [6, 6.07) is 34.9. The number of thiazole rings is 1. The van der Waals surface area contributed by atoms with E-state index in [9.17, 15) is 57.5 Å². The molecule has 1 unspecified atom stereocenters. The summed E-state index contributed by atoms with van der Waals surface area (Å²) in [6.45, 7) is 1.84. The van der Waals surface area contributed by atoms with Gasteiger partial charge in [-0.1, -0.05) is 72.8 Å². The Morgan fingerprint density at radius 2 is 0.841 bits per heavy atom. The van der Waals surface area contributed by atoms with E-state index in [0.29, 0.717) is 94.4 Å². The van der Waals surface area contributed by atoms with Gasteiger partial charge in [-0.3, -0.25) is 84.4 Å². The molecular formula is C78H72N18O16S. The molecule has 0 spiro atoms. The van der Waals surface area contributed by atoms with Gasteiger partial charge in [-0.05, 0) is 106 Å². The fourth-order valence-electron chi connectivity index (χ4n) is 14.9. The van der Waals surface area contributed by atoms with E-state index >= 15 is 0 Å². The van der Waals surface area contributed by atoms with Crippen molar-refractivity contribution in [2.45, 2.75) is 61.1 Å². The van der Waals surface area contributed by atoms with Crippen LogP contribution in [0.3, 0.4) is 0 Å². The van der Waals surface area contributed by atoms with Gasteiger partial charge in [-0.25, -0.2) is 19.4 Å². The number of aromatic nitrogens is 5. The maximum absolute atomic E-state index is 13.2. The molecule has 34 nitrogen and oxygen atoms in total. The number of nitrogens with one attached hydrogen (secondary N) is 7. The summed E-state index contributed by atoms with van der Waals surface area (Å²) in [5, 5.41) is 19.1. The van der Waals surface area contributed by atoms with Gasteiger partial charge in [0, 0.05) is 91.6 Å². The van der Waals surface area contributed by atoms with E-state index in [4.69, 9.17) is 30.4 Å². The number of ether oxygens (including phenoxy) is 4. The second-order valence-electron chi connectivity index (χ2n) is 27.3. The van der Waals surface area contributed by atoms with E-state index in [0.717, 1.165) is 45.4 Å². The normalized spacial score (nSPS) is 20.8. The number of rotatable bonds is 19. The highest BCUT2D eigenvalue weighted by Crippen LogP contribution is 2.40. The zero-order chi connectivity index (χ0) is 79.7. The summed E-state index contributed by atoms with van der Waals surface area (Å²) in [6.07, 6.45) is 9.30. The fourth-order valence-corrected chi connectivity index (χ4v) is 15.6. The first-order valence-corrected chi connectivity index (χ1v) is 36.1. The Labute approximate surface area is 647 Å². The third-order valence-electron chi connectivity index (χ3n) is 20.6. The number of urea groups is 3. The Bertz CT molecular complexity index is 5250. The quantitative estimate of drug-likeness (QED) is 0.0412. The molecule has 8 aliphatic rings. The number of imide groups is 4. The van der Waals surface area contributed by atoms with Crippen LogP contribution in [0.2, 0.25) is 0 Å². The molecule has 9 aromatic rings. The van der Waals surface area contributed by atoms with Gasteiger partial charge in [0.15, 0.2) is 21.7 Å². The monoisotopic (exact) mass is 1550 g/mol. The Balaban J connectivity index is 0.000000126. The number of methoxy groups -OCH3 is 4. The summed E-state index contributed by atoms with van der Waals surface area (Å²) in [7, 11) is 6.14. The summed E-state index contributed by atoms with van der Waals surface area (Å²) < 4.78 is 20.8. The third kappa shape index (κ3) is 14.3. The van der Waals surface area contributed by atoms with Gasteiger partial charge in [0.05, 0.1) is 77.5 Å². The lowest BCUT2D eigenvalue weighted by Gasteiger charge is -2.31. The summed E-state index contributed by atoms with van der Waals surface area (Å²) >= 11 is 1.20. The fraction of sp³-hybridized carbons (Fsp3) is 0.244. The Morgan fingerprint density at radius 3 is 1.19 bits per heavy atom. The van der Waals surface area contributed by atoms with E-state index in [1.54, 1.807) is 70.8 Å². The smallest absolute Gasteiger partial charge is 0.322 e. The molecule has 113 heavy (non-hydrogen) atoms. The Morgan fingerprint density at radius 1 is 0.442 bits per heavy atom. The molecule has 3 aromatic heterocycles. The van der Waals surface area contributed by atoms with Crippen molar-refractivity contribution >= 4 is 87.7 Å². The number of carbonyl (C=O) groups excluding carboxylic acids is 12. The van der Waals surface area contributed by atoms with Crippen LogP contribution < -0.4 is 67.6 Å². The number of amides is 15. The van der Waals surface area contributed by atoms with Crippen LogP contribution in [0, 0.1) is 0 Å². The topological polar surface area (TPSA) is 455 Å². The minimum Gasteiger partial charge on any atom is -0.497 e. The average molecular weight is 1550 g/mol. The first kappa shape index (κ1) is 75.7. The molecule has 4 fully saturated rings. The number of benzene rings is 6. The zero-order valence-corrected chi connectivity index (χ0v) is 61.8. The van der Waals surface area contributed by atoms with E-state index in [1.165, 1.54) is 79.6 Å². The minimum absolute atomic E-state index is 0.00348. The number of nitrogens with zero attached hydrogens (tertiary/aromatic N) is 9. The maximum atomic E-state index is 13.2. The molecule has 8 aliphatic heterocycles. The number of nitrogen functional groups attached to an aromatic ring is 1. The van der Waals surface area contributed by atoms with Crippen molar-refractivity contribution in [1.82, 2.24) is 81.7 Å². The molecule has 35 heteroatoms. The van der Waals surface area contributed by atoms with E-state index in [2.05, 4.69) is 62.1 Å². The average Bonchev–Trinajstić information content (AvgIpc) is 1.62. The summed E-state index contributed by atoms with van der Waals surface area (Å²) in [5.41, 5.74) is 16.1. The number of hydrogen-bond acceptors (Lipinski definition) is 24. The molecule has 11 heterocycles. The summed E-state index contributed by atoms with van der Waals surface area (Å²) in [5.74, 6) is -0.999. The van der Waals surface area contributed by atoms with Crippen LogP contribution in [-0.4, -0.2) is 177 Å². The van der Waals surface area contributed by atoms with Crippen LogP contribution in [0.5, 0.6) is 23.0 Å². The standard InChI is InChI=1S/C27H26N4O4.2C17H15N5O4.C17H16N4O4S/c1-35-21-11-8-19-15-31(24(32)23(19)14-21)16-27(25(33)29-26(34)30-27)20-9-6-18(7-10-20)22-5-3-2-4-17(22)12-13-28;2*1-26-11-3-2-10-8-22(14(23)12(10)6-11)9-17(13-7-18-4-5-19-13)15(24)20-16(25)21-17;1-25-10-3-2-9-6-21(14(23)11(9)4-10)8-17(5-13(22)20-15(17)24)12-7-26-16(18)19-12/h2-11,14H,12-13,15-16,28H2,1H3,(H2,29,30,33,34);2*2-7H,8-9H2,1H3,(H2,20,21,24,25);2-4,7H,5-6,8H2,1H3,(H2,18,19)(H,20,22,24)/t;3*17-/m.101/s1. The van der Waals surface area contributed by atoms with E-state index in [-0.39, 0.29) is 73.5 Å². The van der Waals surface area contributed by atoms with E-state index < -0.39 is 63.8 Å². The van der Waals surface area contributed by atoms with Crippen LogP contribution in [0.4, 0.5) is 19.5 Å². The molecule has 0 aliphatic carbocycles. The number of carbonyl (C=O) groups is 12. The predicted molar refractivity (Wildman–Crippen MR) is 401 cm³/mol. The SMILES string of the molecule is COc1ccc2c(c1)C(=O)N(CC1(c3ccc(-c4ccccc4CCN)cc3)NC(=O)NC1=O)C2.COc1ccc2c(c1)C(=O)N(C[C@@]1(c3cnccn3)NC(=O)NC1=O)C2.COc1ccc2c(c1)C(=O)N(C[C@@]1(c3csc(N)n3)CC(=O)NC1=O)C2.COc1ccc2c(c1)C(=O)N(C[C@]1(c3cnccn3)NC(=O)NC1=O)C2. The van der Waals surface area contributed by atoms with Gasteiger partial charge in [0.2, 0.25) is 11.8 Å². The van der Waals surface area contributed by atoms with Gasteiger partial charge in [-0.15, -0.1) is 11.3 Å². The van der Waals surface area contributed by atoms with Crippen molar-refractivity contribution in [3.63, 3.8) is 0 Å². The lowest BCUT2D eigenvalue weighted by molar-refractivity contribution is -0.127. The predicted octanol–water partition coefficient (Wildman–Crippen LogP) is 3.58. The zero-order valence-electron chi connectivity index (χ0n) is 61.0. The number of nitrogens with two attached hydrogens (primary N) is 2. The van der Waals surface area contributed by atoms with Crippen LogP contribution in [-0.2, 0) is 78.6 Å². The van der Waals surface area contributed by atoms with Crippen LogP contribution in [0.1, 0.15) is 98.3 Å². The molecule has 4 saturated heterocycles. The number of anilines is 1. The third-order valence-corrected chi connectivity index (χ3v) is 21.3. The van der Waals surface area contributed by atoms with Crippen molar-refractivity contribution in [2.75, 3.05) is 66.9 Å². The highest BCUT2D eigenvalue weighted by molar-refractivity contribution is 7.13. The highest BCUT2D eigenvalue weighted by atomic mass is 32.1. The Hall–Kier alpha value is -14.1. The van der Waals surface area contributed by atoms with Gasteiger partial charge >= 0.3 is 18.1 Å². The van der Waals surface area contributed by atoms with Crippen molar-refractivity contribution < 1.29 is 76.5 Å². The molecule has 11 N–H and O–H groups in total. The molecule has 0 bridgehead atoms. The number of hydrogen-bond donors (Lipinski definition) is 9. The van der Waals surface area contributed by atoms with Gasteiger partial charge < -0.3 is 66.0 Å². The van der Waals surface area contributed by atoms with Gasteiger partial charge in [0.1, 0.15) is 28.4 Å². The van der Waals surface area contributed by atoms with Crippen LogP contribution in [0.15, 0.2) is 164 Å². The van der Waals surface area contributed by atoms with Gasteiger partial charge in [-0.2, -0.15) is 0 Å². The molecule has 6 aromatic carbocycles. The van der Waals surface area contributed by atoms with Crippen molar-refractivity contribution in [1.29, 1.82) is 0 Å². The first-order valence-electron chi connectivity index (χ1n) is 35.2. The lowest BCUT2D eigenvalue weighted by atomic mass is 9.82. The molecule has 17 rings (SSSR count). The minimum atomic E-state index is -1.48. The molecule has 4 atom stereocenters. The van der Waals surface area contributed by atoms with Crippen LogP contribution in [0.25, 0.3) is 11.1 Å². The maximum Gasteiger partial charge on any atom is 0.322 e.